The van der Waals surface area contributed by atoms with Gasteiger partial charge in [0.05, 0.1) is 25.6 Å². The molecule has 2 aromatic rings. The van der Waals surface area contributed by atoms with Gasteiger partial charge in [0.2, 0.25) is 0 Å². The number of nitrogens with one attached hydrogen (secondary N) is 2. The maximum atomic E-state index is 11.7. The first kappa shape index (κ1) is 15.9. The van der Waals surface area contributed by atoms with Gasteiger partial charge in [-0.3, -0.25) is 4.79 Å². The monoisotopic (exact) mass is 317 g/mol. The third-order valence-corrected chi connectivity index (χ3v) is 3.03. The summed E-state index contributed by atoms with van der Waals surface area (Å²) < 4.78 is 5.19. The molecule has 0 aliphatic rings. The van der Waals surface area contributed by atoms with Gasteiger partial charge in [-0.1, -0.05) is 35.9 Å². The van der Waals surface area contributed by atoms with E-state index in [1.54, 1.807) is 19.2 Å². The number of hydrogen-bond donors (Lipinski definition) is 2. The molecule has 5 nitrogen and oxygen atoms in total. The molecule has 0 atom stereocenters. The zero-order valence-electron chi connectivity index (χ0n) is 12.0. The minimum absolute atomic E-state index is 0.0905. The number of hydrazone groups is 1. The van der Waals surface area contributed by atoms with Crippen LogP contribution in [0, 0.1) is 0 Å². The van der Waals surface area contributed by atoms with E-state index < -0.39 is 0 Å². The number of methoxy groups -OCH3 is 1. The summed E-state index contributed by atoms with van der Waals surface area (Å²) in [4.78, 5) is 11.7. The van der Waals surface area contributed by atoms with E-state index in [-0.39, 0.29) is 12.5 Å². The Morgan fingerprint density at radius 1 is 1.27 bits per heavy atom. The van der Waals surface area contributed by atoms with Crippen LogP contribution in [0.5, 0.6) is 5.75 Å². The van der Waals surface area contributed by atoms with Crippen molar-refractivity contribution in [3.8, 4) is 5.75 Å². The van der Waals surface area contributed by atoms with Gasteiger partial charge in [0.15, 0.2) is 0 Å². The molecule has 0 spiro atoms. The molecular weight excluding hydrogens is 302 g/mol. The summed E-state index contributed by atoms with van der Waals surface area (Å²) >= 11 is 5.86. The fourth-order valence-corrected chi connectivity index (χ4v) is 1.97. The van der Waals surface area contributed by atoms with Gasteiger partial charge in [0.25, 0.3) is 5.91 Å². The van der Waals surface area contributed by atoms with Crippen molar-refractivity contribution in [2.75, 3.05) is 19.0 Å². The number of ether oxygens (including phenoxy) is 1. The molecule has 114 valence electrons. The first-order valence-corrected chi connectivity index (χ1v) is 7.01. The molecule has 0 radical (unpaired) electrons. The zero-order chi connectivity index (χ0) is 15.8. The Morgan fingerprint density at radius 2 is 2.09 bits per heavy atom. The van der Waals surface area contributed by atoms with Crippen molar-refractivity contribution in [3.05, 3.63) is 59.1 Å². The van der Waals surface area contributed by atoms with Gasteiger partial charge >= 0.3 is 0 Å². The van der Waals surface area contributed by atoms with E-state index in [0.29, 0.717) is 10.8 Å². The van der Waals surface area contributed by atoms with Crippen LogP contribution in [0.4, 0.5) is 5.69 Å². The molecule has 22 heavy (non-hydrogen) atoms. The van der Waals surface area contributed by atoms with E-state index in [2.05, 4.69) is 15.8 Å². The predicted molar refractivity (Wildman–Crippen MR) is 88.7 cm³/mol. The molecule has 2 aromatic carbocycles. The van der Waals surface area contributed by atoms with Gasteiger partial charge in [0, 0.05) is 5.02 Å². The van der Waals surface area contributed by atoms with Crippen LogP contribution in [-0.4, -0.2) is 25.8 Å². The number of para-hydroxylation sites is 2. The Hall–Kier alpha value is -2.53. The molecule has 0 aliphatic carbocycles. The lowest BCUT2D eigenvalue weighted by atomic mass is 10.2. The van der Waals surface area contributed by atoms with Crippen LogP contribution in [0.15, 0.2) is 53.6 Å². The molecule has 0 saturated carbocycles. The summed E-state index contributed by atoms with van der Waals surface area (Å²) in [6, 6.07) is 14.6. The van der Waals surface area contributed by atoms with Crippen LogP contribution in [0.2, 0.25) is 5.02 Å². The summed E-state index contributed by atoms with van der Waals surface area (Å²) in [5.74, 6) is 0.418. The lowest BCUT2D eigenvalue weighted by molar-refractivity contribution is -0.119. The van der Waals surface area contributed by atoms with Crippen LogP contribution < -0.4 is 15.5 Å². The van der Waals surface area contributed by atoms with Gasteiger partial charge in [-0.25, -0.2) is 5.43 Å². The number of halogens is 1. The number of nitrogens with zero attached hydrogens (tertiary/aromatic N) is 1. The second-order valence-electron chi connectivity index (χ2n) is 4.40. The predicted octanol–water partition coefficient (Wildman–Crippen LogP) is 2.91. The highest BCUT2D eigenvalue weighted by atomic mass is 35.5. The second kappa shape index (κ2) is 8.05. The van der Waals surface area contributed by atoms with E-state index in [0.717, 1.165) is 11.3 Å². The number of anilines is 1. The Balaban J connectivity index is 1.83. The lowest BCUT2D eigenvalue weighted by Gasteiger charge is -2.09. The molecule has 0 bridgehead atoms. The summed E-state index contributed by atoms with van der Waals surface area (Å²) in [7, 11) is 1.58. The van der Waals surface area contributed by atoms with Crippen molar-refractivity contribution in [3.63, 3.8) is 0 Å². The number of carbonyl (C=O) groups is 1. The fourth-order valence-electron chi connectivity index (χ4n) is 1.77. The van der Waals surface area contributed by atoms with Crippen LogP contribution in [0.1, 0.15) is 5.56 Å². The zero-order valence-corrected chi connectivity index (χ0v) is 12.8. The fraction of sp³-hybridized carbons (Fsp3) is 0.125. The Morgan fingerprint density at radius 3 is 2.86 bits per heavy atom. The first-order valence-electron chi connectivity index (χ1n) is 6.63. The molecular formula is C16H16ClN3O2. The third kappa shape index (κ3) is 4.79. The quantitative estimate of drug-likeness (QED) is 0.636. The molecule has 0 fully saturated rings. The number of benzene rings is 2. The lowest BCUT2D eigenvalue weighted by Crippen LogP contribution is -2.26. The normalized spacial score (nSPS) is 10.5. The average Bonchev–Trinajstić information content (AvgIpc) is 2.53. The first-order chi connectivity index (χ1) is 10.7. The third-order valence-electron chi connectivity index (χ3n) is 2.80. The molecule has 0 aromatic heterocycles. The van der Waals surface area contributed by atoms with E-state index in [1.807, 2.05) is 36.4 Å². The smallest absolute Gasteiger partial charge is 0.259 e. The van der Waals surface area contributed by atoms with Gasteiger partial charge in [-0.05, 0) is 29.8 Å². The molecule has 0 heterocycles. The van der Waals surface area contributed by atoms with E-state index >= 15 is 0 Å². The standard InChI is InChI=1S/C16H16ClN3O2/c1-22-15-8-3-2-7-14(15)18-11-16(21)20-19-10-12-5-4-6-13(17)9-12/h2-10,18H,11H2,1H3,(H,20,21)/b19-10+. The second-order valence-corrected chi connectivity index (χ2v) is 4.84. The highest BCUT2D eigenvalue weighted by molar-refractivity contribution is 6.30. The number of carbonyl (C=O) groups excluding carboxylic acids is 1. The molecule has 0 saturated heterocycles. The van der Waals surface area contributed by atoms with Gasteiger partial charge in [-0.2, -0.15) is 5.10 Å². The molecule has 1 amide bonds. The van der Waals surface area contributed by atoms with Gasteiger partial charge in [0.1, 0.15) is 5.75 Å². The number of hydrogen-bond acceptors (Lipinski definition) is 4. The molecule has 2 N–H and O–H groups in total. The largest absolute Gasteiger partial charge is 0.495 e. The average molecular weight is 318 g/mol. The summed E-state index contributed by atoms with van der Waals surface area (Å²) in [6.45, 7) is 0.0905. The minimum atomic E-state index is -0.260. The van der Waals surface area contributed by atoms with Gasteiger partial charge < -0.3 is 10.1 Å². The van der Waals surface area contributed by atoms with E-state index in [1.165, 1.54) is 6.21 Å². The molecule has 0 unspecified atom stereocenters. The molecule has 2 rings (SSSR count). The summed E-state index contributed by atoms with van der Waals surface area (Å²) in [5, 5.41) is 7.49. The van der Waals surface area contributed by atoms with Crippen LogP contribution in [0.3, 0.4) is 0 Å². The minimum Gasteiger partial charge on any atom is -0.495 e. The van der Waals surface area contributed by atoms with Crippen LogP contribution in [-0.2, 0) is 4.79 Å². The van der Waals surface area contributed by atoms with Gasteiger partial charge in [-0.15, -0.1) is 0 Å². The Kier molecular flexibility index (Phi) is 5.80. The van der Waals surface area contributed by atoms with E-state index in [9.17, 15) is 4.79 Å². The van der Waals surface area contributed by atoms with E-state index in [4.69, 9.17) is 16.3 Å². The van der Waals surface area contributed by atoms with Crippen LogP contribution >= 0.6 is 11.6 Å². The van der Waals surface area contributed by atoms with Crippen molar-refractivity contribution >= 4 is 29.4 Å². The highest BCUT2D eigenvalue weighted by Crippen LogP contribution is 2.22. The summed E-state index contributed by atoms with van der Waals surface area (Å²) in [6.07, 6.45) is 1.53. The maximum absolute atomic E-state index is 11.7. The molecule has 0 aliphatic heterocycles. The summed E-state index contributed by atoms with van der Waals surface area (Å²) in [5.41, 5.74) is 4.00. The molecule has 6 heteroatoms. The van der Waals surface area contributed by atoms with Crippen molar-refractivity contribution in [1.29, 1.82) is 0 Å². The topological polar surface area (TPSA) is 62.7 Å². The number of rotatable bonds is 6. The number of amides is 1. The Bertz CT molecular complexity index is 674. The van der Waals surface area contributed by atoms with Crippen molar-refractivity contribution in [2.24, 2.45) is 5.10 Å². The van der Waals surface area contributed by atoms with Crippen molar-refractivity contribution < 1.29 is 9.53 Å². The van der Waals surface area contributed by atoms with Crippen LogP contribution in [0.25, 0.3) is 0 Å². The Labute approximate surface area is 133 Å². The van der Waals surface area contributed by atoms with Crippen molar-refractivity contribution in [1.82, 2.24) is 5.43 Å². The van der Waals surface area contributed by atoms with Crippen molar-refractivity contribution in [2.45, 2.75) is 0 Å². The maximum Gasteiger partial charge on any atom is 0.259 e. The SMILES string of the molecule is COc1ccccc1NCC(=O)N/N=C/c1cccc(Cl)c1. The highest BCUT2D eigenvalue weighted by Gasteiger charge is 2.03.